The van der Waals surface area contributed by atoms with E-state index < -0.39 is 0 Å². The second kappa shape index (κ2) is 4.48. The number of ether oxygens (including phenoxy) is 2. The van der Waals surface area contributed by atoms with Crippen molar-refractivity contribution in [2.24, 2.45) is 0 Å². The van der Waals surface area contributed by atoms with Gasteiger partial charge in [0.05, 0.1) is 4.83 Å². The van der Waals surface area contributed by atoms with Crippen molar-refractivity contribution in [3.05, 3.63) is 11.8 Å². The topological polar surface area (TPSA) is 42.2 Å². The predicted octanol–water partition coefficient (Wildman–Crippen LogP) is 1.94. The van der Waals surface area contributed by atoms with Crippen LogP contribution in [-0.4, -0.2) is 17.7 Å². The average Bonchev–Trinajstić information content (AvgIpc) is 2.09. The molecule has 12 heavy (non-hydrogen) atoms. The number of alkyl halides is 1. The maximum Gasteiger partial charge on any atom is 0.213 e. The predicted molar refractivity (Wildman–Crippen MR) is 47.5 cm³/mol. The van der Waals surface area contributed by atoms with E-state index in [1.54, 1.807) is 6.08 Å². The molecule has 0 bridgehead atoms. The zero-order chi connectivity index (χ0) is 8.97. The fourth-order valence-electron chi connectivity index (χ4n) is 0.953. The van der Waals surface area contributed by atoms with Crippen molar-refractivity contribution in [2.75, 3.05) is 6.61 Å². The molecule has 0 aliphatic carbocycles. The van der Waals surface area contributed by atoms with Crippen LogP contribution in [0.15, 0.2) is 11.8 Å². The van der Waals surface area contributed by atoms with Crippen LogP contribution in [0.5, 0.6) is 0 Å². The molecule has 0 spiro atoms. The van der Waals surface area contributed by atoms with Gasteiger partial charge in [-0.2, -0.15) is 5.26 Å². The molecule has 1 heterocycles. The first-order valence-corrected chi connectivity index (χ1v) is 4.72. The van der Waals surface area contributed by atoms with E-state index in [4.69, 9.17) is 14.7 Å². The molecule has 2 atom stereocenters. The number of nitrogens with zero attached hydrogens (tertiary/aromatic N) is 1. The summed E-state index contributed by atoms with van der Waals surface area (Å²) in [6.45, 7) is 2.49. The lowest BCUT2D eigenvalue weighted by Crippen LogP contribution is -2.29. The third kappa shape index (κ3) is 2.23. The zero-order valence-electron chi connectivity index (χ0n) is 6.79. The summed E-state index contributed by atoms with van der Waals surface area (Å²) in [6, 6.07) is 1.95. The first kappa shape index (κ1) is 9.56. The molecule has 1 aliphatic rings. The molecule has 0 radical (unpaired) electrons. The molecule has 0 unspecified atom stereocenters. The Hall–Kier alpha value is -0.530. The monoisotopic (exact) mass is 231 g/mol. The second-order valence-corrected chi connectivity index (χ2v) is 3.55. The van der Waals surface area contributed by atoms with Crippen LogP contribution < -0.4 is 0 Å². The molecule has 0 aromatic heterocycles. The van der Waals surface area contributed by atoms with Gasteiger partial charge in [-0.05, 0) is 19.4 Å². The Balaban J connectivity index is 2.55. The Morgan fingerprint density at radius 2 is 2.67 bits per heavy atom. The molecular weight excluding hydrogens is 222 g/mol. The summed E-state index contributed by atoms with van der Waals surface area (Å²) >= 11 is 3.41. The van der Waals surface area contributed by atoms with E-state index in [9.17, 15) is 0 Å². The Kier molecular flexibility index (Phi) is 3.57. The van der Waals surface area contributed by atoms with E-state index in [0.717, 1.165) is 6.42 Å². The number of hydrogen-bond donors (Lipinski definition) is 0. The van der Waals surface area contributed by atoms with Crippen LogP contribution in [0.1, 0.15) is 13.3 Å². The SMILES string of the molecule is CCO[C@H]1OC(C#N)=CC[C@H]1Br. The summed E-state index contributed by atoms with van der Waals surface area (Å²) in [7, 11) is 0. The summed E-state index contributed by atoms with van der Waals surface area (Å²) in [6.07, 6.45) is 2.21. The number of allylic oxidation sites excluding steroid dienone is 2. The lowest BCUT2D eigenvalue weighted by Gasteiger charge is -2.25. The average molecular weight is 232 g/mol. The van der Waals surface area contributed by atoms with Crippen LogP contribution in [0.2, 0.25) is 0 Å². The molecule has 0 amide bonds. The maximum atomic E-state index is 8.55. The summed E-state index contributed by atoms with van der Waals surface area (Å²) in [5.74, 6) is 0.351. The van der Waals surface area contributed by atoms with Crippen molar-refractivity contribution in [1.82, 2.24) is 0 Å². The van der Waals surface area contributed by atoms with Gasteiger partial charge in [0, 0.05) is 6.61 Å². The second-order valence-electron chi connectivity index (χ2n) is 2.37. The number of nitriles is 1. The highest BCUT2D eigenvalue weighted by Crippen LogP contribution is 2.23. The lowest BCUT2D eigenvalue weighted by atomic mass is 10.2. The van der Waals surface area contributed by atoms with E-state index in [2.05, 4.69) is 15.9 Å². The van der Waals surface area contributed by atoms with Gasteiger partial charge >= 0.3 is 0 Å². The van der Waals surface area contributed by atoms with Gasteiger partial charge in [0.25, 0.3) is 0 Å². The summed E-state index contributed by atoms with van der Waals surface area (Å²) in [4.78, 5) is 0.148. The summed E-state index contributed by atoms with van der Waals surface area (Å²) in [5.41, 5.74) is 0. The molecule has 1 aliphatic heterocycles. The van der Waals surface area contributed by atoms with Crippen molar-refractivity contribution in [1.29, 1.82) is 5.26 Å². The van der Waals surface area contributed by atoms with Crippen LogP contribution in [0, 0.1) is 11.3 Å². The molecule has 66 valence electrons. The third-order valence-corrected chi connectivity index (χ3v) is 2.31. The minimum atomic E-state index is -0.324. The largest absolute Gasteiger partial charge is 0.454 e. The Bertz CT molecular complexity index is 222. The van der Waals surface area contributed by atoms with E-state index in [1.165, 1.54) is 0 Å². The molecule has 0 aromatic rings. The number of hydrogen-bond acceptors (Lipinski definition) is 3. The highest BCUT2D eigenvalue weighted by Gasteiger charge is 2.25. The van der Waals surface area contributed by atoms with Gasteiger partial charge < -0.3 is 9.47 Å². The maximum absolute atomic E-state index is 8.55. The molecule has 0 N–H and O–H groups in total. The van der Waals surface area contributed by atoms with Gasteiger partial charge in [0.15, 0.2) is 5.76 Å². The first-order chi connectivity index (χ1) is 5.77. The van der Waals surface area contributed by atoms with E-state index in [1.807, 2.05) is 13.0 Å². The highest BCUT2D eigenvalue weighted by atomic mass is 79.9. The van der Waals surface area contributed by atoms with Crippen molar-refractivity contribution < 1.29 is 9.47 Å². The minimum Gasteiger partial charge on any atom is -0.454 e. The van der Waals surface area contributed by atoms with Crippen LogP contribution in [0.3, 0.4) is 0 Å². The van der Waals surface area contributed by atoms with Crippen LogP contribution in [-0.2, 0) is 9.47 Å². The van der Waals surface area contributed by atoms with Gasteiger partial charge in [-0.1, -0.05) is 15.9 Å². The van der Waals surface area contributed by atoms with Gasteiger partial charge in [0.1, 0.15) is 6.07 Å². The van der Waals surface area contributed by atoms with Crippen molar-refractivity contribution >= 4 is 15.9 Å². The van der Waals surface area contributed by atoms with Crippen molar-refractivity contribution in [3.8, 4) is 6.07 Å². The van der Waals surface area contributed by atoms with E-state index in [-0.39, 0.29) is 11.1 Å². The summed E-state index contributed by atoms with van der Waals surface area (Å²) < 4.78 is 10.5. The quantitative estimate of drug-likeness (QED) is 0.683. The Morgan fingerprint density at radius 3 is 3.25 bits per heavy atom. The van der Waals surface area contributed by atoms with Gasteiger partial charge in [-0.15, -0.1) is 0 Å². The van der Waals surface area contributed by atoms with Crippen LogP contribution in [0.4, 0.5) is 0 Å². The number of rotatable bonds is 2. The van der Waals surface area contributed by atoms with Crippen molar-refractivity contribution in [2.45, 2.75) is 24.5 Å². The standard InChI is InChI=1S/C8H10BrNO2/c1-2-11-8-7(9)4-3-6(5-10)12-8/h3,7-8H,2,4H2,1H3/t7-,8+/m1/s1. The van der Waals surface area contributed by atoms with Gasteiger partial charge in [0.2, 0.25) is 6.29 Å². The zero-order valence-corrected chi connectivity index (χ0v) is 8.37. The smallest absolute Gasteiger partial charge is 0.213 e. The fourth-order valence-corrected chi connectivity index (χ4v) is 1.40. The van der Waals surface area contributed by atoms with Gasteiger partial charge in [-0.25, -0.2) is 0 Å². The molecule has 0 aromatic carbocycles. The Morgan fingerprint density at radius 1 is 1.92 bits per heavy atom. The minimum absolute atomic E-state index is 0.148. The van der Waals surface area contributed by atoms with E-state index in [0.29, 0.717) is 12.4 Å². The molecular formula is C8H10BrNO2. The van der Waals surface area contributed by atoms with Crippen molar-refractivity contribution in [3.63, 3.8) is 0 Å². The molecule has 0 fully saturated rings. The Labute approximate surface area is 80.1 Å². The number of halogens is 1. The molecule has 0 saturated heterocycles. The molecule has 1 rings (SSSR count). The molecule has 0 saturated carbocycles. The fraction of sp³-hybridized carbons (Fsp3) is 0.625. The molecule has 4 heteroatoms. The summed E-state index contributed by atoms with van der Waals surface area (Å²) in [5, 5.41) is 8.55. The highest BCUT2D eigenvalue weighted by molar-refractivity contribution is 9.09. The van der Waals surface area contributed by atoms with E-state index >= 15 is 0 Å². The van der Waals surface area contributed by atoms with Crippen LogP contribution in [0.25, 0.3) is 0 Å². The van der Waals surface area contributed by atoms with Crippen LogP contribution >= 0.6 is 15.9 Å². The van der Waals surface area contributed by atoms with Gasteiger partial charge in [-0.3, -0.25) is 0 Å². The lowest BCUT2D eigenvalue weighted by molar-refractivity contribution is -0.112. The molecule has 3 nitrogen and oxygen atoms in total. The third-order valence-electron chi connectivity index (χ3n) is 1.51. The normalized spacial score (nSPS) is 28.6. The first-order valence-electron chi connectivity index (χ1n) is 3.80.